The van der Waals surface area contributed by atoms with Crippen LogP contribution in [0.2, 0.25) is 0 Å². The zero-order valence-electron chi connectivity index (χ0n) is 15.4. The normalized spacial score (nSPS) is 15.6. The Morgan fingerprint density at radius 2 is 2.04 bits per heavy atom. The number of amides is 1. The third-order valence-corrected chi connectivity index (χ3v) is 5.75. The van der Waals surface area contributed by atoms with E-state index in [-0.39, 0.29) is 17.3 Å². The lowest BCUT2D eigenvalue weighted by atomic mass is 10.2. The lowest BCUT2D eigenvalue weighted by Gasteiger charge is -2.27. The fourth-order valence-corrected chi connectivity index (χ4v) is 3.81. The Bertz CT molecular complexity index is 703. The van der Waals surface area contributed by atoms with E-state index in [2.05, 4.69) is 20.3 Å². The standard InChI is InChI=1S/C17H28N4O4S/c1-3-17(22)19-13-14-12-15(4-5-16(14)25-2)26(23,24)20-8-11-21-9-6-18-7-10-21/h4-5,12,18,20H,3,6-11,13H2,1-2H3,(H,19,22). The first kappa shape index (κ1) is 20.6. The summed E-state index contributed by atoms with van der Waals surface area (Å²) in [6.45, 7) is 6.72. The van der Waals surface area contributed by atoms with Crippen molar-refractivity contribution in [3.63, 3.8) is 0 Å². The van der Waals surface area contributed by atoms with Crippen molar-refractivity contribution in [1.82, 2.24) is 20.3 Å². The topological polar surface area (TPSA) is 99.8 Å². The van der Waals surface area contributed by atoms with Crippen LogP contribution in [0.3, 0.4) is 0 Å². The van der Waals surface area contributed by atoms with E-state index in [0.29, 0.717) is 30.8 Å². The number of rotatable bonds is 9. The van der Waals surface area contributed by atoms with E-state index in [9.17, 15) is 13.2 Å². The van der Waals surface area contributed by atoms with Crippen molar-refractivity contribution in [2.75, 3.05) is 46.4 Å². The minimum Gasteiger partial charge on any atom is -0.496 e. The van der Waals surface area contributed by atoms with Gasteiger partial charge in [0.25, 0.3) is 0 Å². The molecule has 1 aromatic rings. The zero-order valence-corrected chi connectivity index (χ0v) is 16.2. The molecule has 1 amide bonds. The van der Waals surface area contributed by atoms with Gasteiger partial charge in [-0.2, -0.15) is 0 Å². The molecule has 1 aliphatic heterocycles. The summed E-state index contributed by atoms with van der Waals surface area (Å²) >= 11 is 0. The Balaban J connectivity index is 2.01. The Labute approximate surface area is 155 Å². The van der Waals surface area contributed by atoms with Crippen molar-refractivity contribution in [3.8, 4) is 5.75 Å². The maximum atomic E-state index is 12.5. The molecule has 0 saturated carbocycles. The van der Waals surface area contributed by atoms with Crippen molar-refractivity contribution in [1.29, 1.82) is 0 Å². The smallest absolute Gasteiger partial charge is 0.240 e. The second-order valence-electron chi connectivity index (χ2n) is 6.09. The number of carbonyl (C=O) groups excluding carboxylic acids is 1. The van der Waals surface area contributed by atoms with Gasteiger partial charge in [0.05, 0.1) is 12.0 Å². The van der Waals surface area contributed by atoms with Gasteiger partial charge in [-0.25, -0.2) is 13.1 Å². The first-order valence-electron chi connectivity index (χ1n) is 8.82. The monoisotopic (exact) mass is 384 g/mol. The average Bonchev–Trinajstić information content (AvgIpc) is 2.66. The number of carbonyl (C=O) groups is 1. The van der Waals surface area contributed by atoms with Gasteiger partial charge in [0, 0.05) is 57.8 Å². The van der Waals surface area contributed by atoms with E-state index in [1.807, 2.05) is 0 Å². The summed E-state index contributed by atoms with van der Waals surface area (Å²) in [5.74, 6) is 0.440. The van der Waals surface area contributed by atoms with Crippen LogP contribution in [-0.4, -0.2) is 65.6 Å². The number of sulfonamides is 1. The van der Waals surface area contributed by atoms with Gasteiger partial charge in [0.15, 0.2) is 0 Å². The highest BCUT2D eigenvalue weighted by Crippen LogP contribution is 2.22. The summed E-state index contributed by atoms with van der Waals surface area (Å²) in [7, 11) is -2.10. The fraction of sp³-hybridized carbons (Fsp3) is 0.588. The maximum absolute atomic E-state index is 12.5. The lowest BCUT2D eigenvalue weighted by Crippen LogP contribution is -2.46. The molecule has 1 saturated heterocycles. The van der Waals surface area contributed by atoms with Crippen LogP contribution < -0.4 is 20.1 Å². The second kappa shape index (κ2) is 9.86. The van der Waals surface area contributed by atoms with Gasteiger partial charge < -0.3 is 15.4 Å². The van der Waals surface area contributed by atoms with E-state index in [1.54, 1.807) is 19.1 Å². The molecule has 1 heterocycles. The van der Waals surface area contributed by atoms with Crippen LogP contribution in [-0.2, 0) is 21.4 Å². The number of ether oxygens (including phenoxy) is 1. The van der Waals surface area contributed by atoms with Crippen LogP contribution in [0.5, 0.6) is 5.75 Å². The molecule has 0 atom stereocenters. The van der Waals surface area contributed by atoms with Crippen molar-refractivity contribution >= 4 is 15.9 Å². The first-order chi connectivity index (χ1) is 12.5. The van der Waals surface area contributed by atoms with Gasteiger partial charge in [-0.05, 0) is 18.2 Å². The molecule has 0 aliphatic carbocycles. The molecule has 9 heteroatoms. The Kier molecular flexibility index (Phi) is 7.83. The van der Waals surface area contributed by atoms with Crippen LogP contribution in [0, 0.1) is 0 Å². The van der Waals surface area contributed by atoms with E-state index >= 15 is 0 Å². The number of hydrogen-bond acceptors (Lipinski definition) is 6. The number of nitrogens with one attached hydrogen (secondary N) is 3. The van der Waals surface area contributed by atoms with E-state index in [0.717, 1.165) is 26.2 Å². The van der Waals surface area contributed by atoms with Gasteiger partial charge in [-0.15, -0.1) is 0 Å². The predicted octanol–water partition coefficient (Wildman–Crippen LogP) is -0.0951. The number of hydrogen-bond donors (Lipinski definition) is 3. The predicted molar refractivity (Wildman–Crippen MR) is 99.6 cm³/mol. The molecular weight excluding hydrogens is 356 g/mol. The number of nitrogens with zero attached hydrogens (tertiary/aromatic N) is 1. The molecule has 0 bridgehead atoms. The highest BCUT2D eigenvalue weighted by atomic mass is 32.2. The Morgan fingerprint density at radius 1 is 1.31 bits per heavy atom. The van der Waals surface area contributed by atoms with E-state index in [4.69, 9.17) is 4.74 Å². The SMILES string of the molecule is CCC(=O)NCc1cc(S(=O)(=O)NCCN2CCNCC2)ccc1OC. The molecule has 3 N–H and O–H groups in total. The minimum atomic E-state index is -3.61. The minimum absolute atomic E-state index is 0.102. The number of methoxy groups -OCH3 is 1. The summed E-state index contributed by atoms with van der Waals surface area (Å²) in [5.41, 5.74) is 0.624. The summed E-state index contributed by atoms with van der Waals surface area (Å²) in [6.07, 6.45) is 0.369. The second-order valence-corrected chi connectivity index (χ2v) is 7.86. The molecule has 0 radical (unpaired) electrons. The van der Waals surface area contributed by atoms with Gasteiger partial charge >= 0.3 is 0 Å². The van der Waals surface area contributed by atoms with Crippen molar-refractivity contribution in [2.24, 2.45) is 0 Å². The van der Waals surface area contributed by atoms with Crippen molar-refractivity contribution in [2.45, 2.75) is 24.8 Å². The molecule has 146 valence electrons. The van der Waals surface area contributed by atoms with Gasteiger partial charge in [-0.1, -0.05) is 6.92 Å². The van der Waals surface area contributed by atoms with Crippen LogP contribution in [0.15, 0.2) is 23.1 Å². The molecule has 1 fully saturated rings. The van der Waals surface area contributed by atoms with Crippen LogP contribution in [0.1, 0.15) is 18.9 Å². The molecule has 0 aromatic heterocycles. The zero-order chi connectivity index (χ0) is 19.0. The first-order valence-corrected chi connectivity index (χ1v) is 10.3. The molecule has 1 aromatic carbocycles. The summed E-state index contributed by atoms with van der Waals surface area (Å²) < 4.78 is 33.0. The molecule has 0 unspecified atom stereocenters. The Hall–Kier alpha value is -1.68. The van der Waals surface area contributed by atoms with E-state index in [1.165, 1.54) is 13.2 Å². The lowest BCUT2D eigenvalue weighted by molar-refractivity contribution is -0.120. The summed E-state index contributed by atoms with van der Waals surface area (Å²) in [6, 6.07) is 4.66. The quantitative estimate of drug-likeness (QED) is 0.550. The largest absolute Gasteiger partial charge is 0.496 e. The van der Waals surface area contributed by atoms with Crippen molar-refractivity contribution in [3.05, 3.63) is 23.8 Å². The van der Waals surface area contributed by atoms with Crippen LogP contribution in [0.25, 0.3) is 0 Å². The molecule has 1 aliphatic rings. The maximum Gasteiger partial charge on any atom is 0.240 e. The fourth-order valence-electron chi connectivity index (χ4n) is 2.74. The summed E-state index contributed by atoms with van der Waals surface area (Å²) in [5, 5.41) is 6.01. The molecule has 2 rings (SSSR count). The van der Waals surface area contributed by atoms with Gasteiger partial charge in [0.1, 0.15) is 5.75 Å². The molecule has 26 heavy (non-hydrogen) atoms. The molecule has 8 nitrogen and oxygen atoms in total. The van der Waals surface area contributed by atoms with Crippen molar-refractivity contribution < 1.29 is 17.9 Å². The van der Waals surface area contributed by atoms with Gasteiger partial charge in [0.2, 0.25) is 15.9 Å². The van der Waals surface area contributed by atoms with Crippen LogP contribution >= 0.6 is 0 Å². The average molecular weight is 385 g/mol. The molecular formula is C17H28N4O4S. The highest BCUT2D eigenvalue weighted by molar-refractivity contribution is 7.89. The Morgan fingerprint density at radius 3 is 2.69 bits per heavy atom. The highest BCUT2D eigenvalue weighted by Gasteiger charge is 2.17. The van der Waals surface area contributed by atoms with Gasteiger partial charge in [-0.3, -0.25) is 9.69 Å². The van der Waals surface area contributed by atoms with E-state index < -0.39 is 10.0 Å². The number of piperazine rings is 1. The van der Waals surface area contributed by atoms with Crippen LogP contribution in [0.4, 0.5) is 0 Å². The third kappa shape index (κ3) is 5.94. The third-order valence-electron chi connectivity index (χ3n) is 4.29. The number of benzene rings is 1. The summed E-state index contributed by atoms with van der Waals surface area (Å²) in [4.78, 5) is 13.9. The molecule has 0 spiro atoms.